The molecule has 3 N–H and O–H groups in total. The molecule has 0 heterocycles. The summed E-state index contributed by atoms with van der Waals surface area (Å²) in [6.07, 6.45) is 2.60. The molecule has 0 saturated heterocycles. The molecule has 0 unspecified atom stereocenters. The van der Waals surface area contributed by atoms with Crippen molar-refractivity contribution in [1.82, 2.24) is 4.90 Å². The summed E-state index contributed by atoms with van der Waals surface area (Å²) >= 11 is 0. The summed E-state index contributed by atoms with van der Waals surface area (Å²) in [7, 11) is 3.10. The van der Waals surface area contributed by atoms with E-state index in [1.54, 1.807) is 37.3 Å². The Labute approximate surface area is 177 Å². The molecule has 2 amide bonds. The predicted molar refractivity (Wildman–Crippen MR) is 116 cm³/mol. The van der Waals surface area contributed by atoms with E-state index in [9.17, 15) is 9.59 Å². The Morgan fingerprint density at radius 2 is 1.87 bits per heavy atom. The molecule has 1 fully saturated rings. The number of carbonyl (C=O) groups is 2. The van der Waals surface area contributed by atoms with Crippen LogP contribution in [-0.2, 0) is 11.3 Å². The molecule has 0 atom stereocenters. The second-order valence-electron chi connectivity index (χ2n) is 7.40. The van der Waals surface area contributed by atoms with Gasteiger partial charge in [0.25, 0.3) is 5.91 Å². The lowest BCUT2D eigenvalue weighted by Gasteiger charge is -2.23. The second-order valence-corrected chi connectivity index (χ2v) is 7.40. The van der Waals surface area contributed by atoms with Crippen molar-refractivity contribution in [3.8, 4) is 11.5 Å². The number of carbonyl (C=O) groups excluding carboxylic acids is 2. The second kappa shape index (κ2) is 10.1. The highest BCUT2D eigenvalue weighted by Gasteiger charge is 2.29. The summed E-state index contributed by atoms with van der Waals surface area (Å²) in [6, 6.07) is 12.8. The van der Waals surface area contributed by atoms with Gasteiger partial charge in [0.2, 0.25) is 5.91 Å². The molecule has 1 saturated carbocycles. The third kappa shape index (κ3) is 5.51. The molecule has 1 aliphatic carbocycles. The normalized spacial score (nSPS) is 12.9. The van der Waals surface area contributed by atoms with Gasteiger partial charge in [-0.25, -0.2) is 0 Å². The van der Waals surface area contributed by atoms with E-state index in [1.165, 1.54) is 0 Å². The van der Waals surface area contributed by atoms with Crippen molar-refractivity contribution in [3.63, 3.8) is 0 Å². The van der Waals surface area contributed by atoms with E-state index in [2.05, 4.69) is 5.32 Å². The first-order valence-electron chi connectivity index (χ1n) is 10.2. The SMILES string of the molecule is COc1ccc(C(=O)N(CCCN)Cc2cccc(NC(=O)C3CC3)c2)cc1OC. The molecule has 1 aliphatic rings. The fourth-order valence-corrected chi connectivity index (χ4v) is 3.24. The fourth-order valence-electron chi connectivity index (χ4n) is 3.24. The number of ether oxygens (including phenoxy) is 2. The zero-order chi connectivity index (χ0) is 21.5. The summed E-state index contributed by atoms with van der Waals surface area (Å²) in [5.41, 5.74) is 7.89. The number of hydrogen-bond donors (Lipinski definition) is 2. The maximum atomic E-state index is 13.2. The van der Waals surface area contributed by atoms with Crippen molar-refractivity contribution in [3.05, 3.63) is 53.6 Å². The van der Waals surface area contributed by atoms with E-state index in [0.717, 1.165) is 24.1 Å². The first kappa shape index (κ1) is 21.6. The molecule has 30 heavy (non-hydrogen) atoms. The average Bonchev–Trinajstić information content (AvgIpc) is 3.61. The zero-order valence-corrected chi connectivity index (χ0v) is 17.5. The van der Waals surface area contributed by atoms with Gasteiger partial charge in [-0.05, 0) is 61.7 Å². The lowest BCUT2D eigenvalue weighted by molar-refractivity contribution is -0.117. The number of benzene rings is 2. The van der Waals surface area contributed by atoms with Gasteiger partial charge in [0.15, 0.2) is 11.5 Å². The molecular weight excluding hydrogens is 382 g/mol. The fraction of sp³-hybridized carbons (Fsp3) is 0.391. The van der Waals surface area contributed by atoms with Gasteiger partial charge >= 0.3 is 0 Å². The number of amides is 2. The minimum atomic E-state index is -0.114. The van der Waals surface area contributed by atoms with Gasteiger partial charge in [-0.2, -0.15) is 0 Å². The molecule has 0 aromatic heterocycles. The third-order valence-corrected chi connectivity index (χ3v) is 5.07. The number of nitrogens with two attached hydrogens (primary N) is 1. The van der Waals surface area contributed by atoms with Crippen LogP contribution >= 0.6 is 0 Å². The Balaban J connectivity index is 1.77. The van der Waals surface area contributed by atoms with Gasteiger partial charge in [0, 0.05) is 30.3 Å². The van der Waals surface area contributed by atoms with Gasteiger partial charge < -0.3 is 25.4 Å². The summed E-state index contributed by atoms with van der Waals surface area (Å²) < 4.78 is 10.6. The maximum Gasteiger partial charge on any atom is 0.254 e. The van der Waals surface area contributed by atoms with Crippen molar-refractivity contribution >= 4 is 17.5 Å². The molecule has 0 spiro atoms. The van der Waals surface area contributed by atoms with Crippen molar-refractivity contribution < 1.29 is 19.1 Å². The summed E-state index contributed by atoms with van der Waals surface area (Å²) in [5.74, 6) is 1.17. The molecule has 160 valence electrons. The number of rotatable bonds is 10. The molecule has 7 heteroatoms. The molecule has 0 radical (unpaired) electrons. The highest BCUT2D eigenvalue weighted by molar-refractivity contribution is 5.95. The Morgan fingerprint density at radius 1 is 1.10 bits per heavy atom. The first-order valence-corrected chi connectivity index (χ1v) is 10.2. The molecular formula is C23H29N3O4. The van der Waals surface area contributed by atoms with Gasteiger partial charge in [-0.3, -0.25) is 9.59 Å². The summed E-state index contributed by atoms with van der Waals surface area (Å²) in [5, 5.41) is 2.96. The average molecular weight is 412 g/mol. The molecule has 0 aliphatic heterocycles. The van der Waals surface area contributed by atoms with Crippen LogP contribution in [0.15, 0.2) is 42.5 Å². The first-order chi connectivity index (χ1) is 14.5. The highest BCUT2D eigenvalue weighted by atomic mass is 16.5. The van der Waals surface area contributed by atoms with Crippen molar-refractivity contribution in [2.45, 2.75) is 25.8 Å². The van der Waals surface area contributed by atoms with Crippen LogP contribution in [0.2, 0.25) is 0 Å². The maximum absolute atomic E-state index is 13.2. The van der Waals surface area contributed by atoms with Crippen LogP contribution in [-0.4, -0.2) is 44.0 Å². The largest absolute Gasteiger partial charge is 0.493 e. The van der Waals surface area contributed by atoms with Crippen molar-refractivity contribution in [2.75, 3.05) is 32.6 Å². The number of hydrogen-bond acceptors (Lipinski definition) is 5. The van der Waals surface area contributed by atoms with E-state index in [0.29, 0.717) is 43.1 Å². The van der Waals surface area contributed by atoms with Crippen LogP contribution in [0.4, 0.5) is 5.69 Å². The molecule has 0 bridgehead atoms. The van der Waals surface area contributed by atoms with E-state index in [4.69, 9.17) is 15.2 Å². The van der Waals surface area contributed by atoms with Crippen molar-refractivity contribution in [2.24, 2.45) is 11.7 Å². The monoisotopic (exact) mass is 411 g/mol. The standard InChI is InChI=1S/C23H29N3O4/c1-29-20-10-9-18(14-21(20)30-2)23(28)26(12-4-11-24)15-16-5-3-6-19(13-16)25-22(27)17-7-8-17/h3,5-6,9-10,13-14,17H,4,7-8,11-12,15,24H2,1-2H3,(H,25,27). The molecule has 2 aromatic carbocycles. The Hall–Kier alpha value is -3.06. The topological polar surface area (TPSA) is 93.9 Å². The van der Waals surface area contributed by atoms with Crippen LogP contribution in [0.1, 0.15) is 35.2 Å². The van der Waals surface area contributed by atoms with Crippen molar-refractivity contribution in [1.29, 1.82) is 0 Å². The van der Waals surface area contributed by atoms with E-state index >= 15 is 0 Å². The third-order valence-electron chi connectivity index (χ3n) is 5.07. The number of methoxy groups -OCH3 is 2. The van der Waals surface area contributed by atoms with E-state index in [-0.39, 0.29) is 17.7 Å². The van der Waals surface area contributed by atoms with E-state index in [1.807, 2.05) is 24.3 Å². The Bertz CT molecular complexity index is 896. The number of anilines is 1. The zero-order valence-electron chi connectivity index (χ0n) is 17.5. The van der Waals surface area contributed by atoms with Gasteiger partial charge in [0.1, 0.15) is 0 Å². The summed E-state index contributed by atoms with van der Waals surface area (Å²) in [6.45, 7) is 1.44. The number of nitrogens with one attached hydrogen (secondary N) is 1. The Morgan fingerprint density at radius 3 is 2.53 bits per heavy atom. The van der Waals surface area contributed by atoms with Crippen LogP contribution < -0.4 is 20.5 Å². The molecule has 3 rings (SSSR count). The minimum Gasteiger partial charge on any atom is -0.493 e. The van der Waals surface area contributed by atoms with Crippen LogP contribution in [0.5, 0.6) is 11.5 Å². The predicted octanol–water partition coefficient (Wildman–Crippen LogP) is 3.04. The molecule has 2 aromatic rings. The summed E-state index contributed by atoms with van der Waals surface area (Å²) in [4.78, 5) is 27.0. The smallest absolute Gasteiger partial charge is 0.254 e. The van der Waals surface area contributed by atoms with Crippen LogP contribution in [0.25, 0.3) is 0 Å². The lowest BCUT2D eigenvalue weighted by Crippen LogP contribution is -2.32. The van der Waals surface area contributed by atoms with Gasteiger partial charge in [-0.15, -0.1) is 0 Å². The van der Waals surface area contributed by atoms with Gasteiger partial charge in [-0.1, -0.05) is 12.1 Å². The van der Waals surface area contributed by atoms with Crippen LogP contribution in [0.3, 0.4) is 0 Å². The van der Waals surface area contributed by atoms with Gasteiger partial charge in [0.05, 0.1) is 14.2 Å². The minimum absolute atomic E-state index is 0.0635. The highest BCUT2D eigenvalue weighted by Crippen LogP contribution is 2.30. The van der Waals surface area contributed by atoms with E-state index < -0.39 is 0 Å². The Kier molecular flexibility index (Phi) is 7.30. The number of nitrogens with zero attached hydrogens (tertiary/aromatic N) is 1. The lowest BCUT2D eigenvalue weighted by atomic mass is 10.1. The quantitative estimate of drug-likeness (QED) is 0.627. The molecule has 7 nitrogen and oxygen atoms in total. The van der Waals surface area contributed by atoms with Crippen LogP contribution in [0, 0.1) is 5.92 Å².